The molecule has 1 aromatic heterocycles. The first kappa shape index (κ1) is 27.1. The van der Waals surface area contributed by atoms with E-state index >= 15 is 0 Å². The molecule has 1 aromatic carbocycles. The number of imidazole rings is 1. The fraction of sp³-hybridized carbons (Fsp3) is 0.577. The largest absolute Gasteiger partial charge is 0.416 e. The van der Waals surface area contributed by atoms with Gasteiger partial charge in [0.15, 0.2) is 0 Å². The Bertz CT molecular complexity index is 1100. The lowest BCUT2D eigenvalue weighted by molar-refractivity contribution is -0.137. The van der Waals surface area contributed by atoms with Gasteiger partial charge in [0.05, 0.1) is 30.8 Å². The predicted octanol–water partition coefficient (Wildman–Crippen LogP) is 3.81. The average molecular weight is 522 g/mol. The van der Waals surface area contributed by atoms with Crippen LogP contribution in [-0.4, -0.2) is 77.1 Å². The number of benzene rings is 1. The maximum atomic E-state index is 13.2. The van der Waals surface area contributed by atoms with Gasteiger partial charge in [-0.15, -0.1) is 0 Å². The highest BCUT2D eigenvalue weighted by atomic mass is 19.4. The predicted molar refractivity (Wildman–Crippen MR) is 132 cm³/mol. The number of halogens is 3. The van der Waals surface area contributed by atoms with Gasteiger partial charge in [-0.05, 0) is 44.4 Å². The molecule has 202 valence electrons. The van der Waals surface area contributed by atoms with Crippen molar-refractivity contribution in [3.8, 4) is 0 Å². The van der Waals surface area contributed by atoms with Gasteiger partial charge in [-0.2, -0.15) is 13.2 Å². The summed E-state index contributed by atoms with van der Waals surface area (Å²) >= 11 is 0. The average Bonchev–Trinajstić information content (AvgIpc) is 3.25. The summed E-state index contributed by atoms with van der Waals surface area (Å²) in [6.07, 6.45) is -0.199. The van der Waals surface area contributed by atoms with Gasteiger partial charge in [0.2, 0.25) is 5.91 Å². The van der Waals surface area contributed by atoms with Gasteiger partial charge in [0.1, 0.15) is 5.82 Å². The number of ether oxygens (including phenoxy) is 1. The third-order valence-corrected chi connectivity index (χ3v) is 7.35. The number of anilines is 1. The molecule has 1 saturated carbocycles. The summed E-state index contributed by atoms with van der Waals surface area (Å²) in [5.74, 6) is -0.235. The summed E-state index contributed by atoms with van der Waals surface area (Å²) in [6.45, 7) is 6.58. The van der Waals surface area contributed by atoms with Crippen molar-refractivity contribution in [2.45, 2.75) is 51.4 Å². The lowest BCUT2D eigenvalue weighted by Crippen LogP contribution is -2.42. The van der Waals surface area contributed by atoms with Gasteiger partial charge in [-0.3, -0.25) is 14.5 Å². The molecule has 1 aliphatic carbocycles. The van der Waals surface area contributed by atoms with Gasteiger partial charge >= 0.3 is 6.18 Å². The maximum Gasteiger partial charge on any atom is 0.416 e. The third kappa shape index (κ3) is 6.70. The molecule has 0 radical (unpaired) electrons. The van der Waals surface area contributed by atoms with Crippen LogP contribution in [0.1, 0.15) is 47.3 Å². The summed E-state index contributed by atoms with van der Waals surface area (Å²) in [5.41, 5.74) is -0.128. The van der Waals surface area contributed by atoms with Crippen LogP contribution in [0, 0.1) is 12.8 Å². The lowest BCUT2D eigenvalue weighted by atomic mass is 9.84. The number of nitrogens with one attached hydrogen (secondary N) is 1. The third-order valence-electron chi connectivity index (χ3n) is 7.35. The molecule has 1 N–H and O–H groups in total. The van der Waals surface area contributed by atoms with Gasteiger partial charge in [-0.1, -0.05) is 12.5 Å². The van der Waals surface area contributed by atoms with Crippen LogP contribution < -0.4 is 5.32 Å². The van der Waals surface area contributed by atoms with Crippen molar-refractivity contribution in [2.75, 3.05) is 45.2 Å². The van der Waals surface area contributed by atoms with E-state index in [4.69, 9.17) is 4.74 Å². The molecule has 2 heterocycles. The monoisotopic (exact) mass is 521 g/mol. The number of rotatable bonds is 7. The summed E-state index contributed by atoms with van der Waals surface area (Å²) in [7, 11) is 1.60. The number of carbonyl (C=O) groups is 2. The molecule has 2 fully saturated rings. The second kappa shape index (κ2) is 11.6. The minimum atomic E-state index is -4.52. The van der Waals surface area contributed by atoms with Crippen LogP contribution in [0.4, 0.5) is 19.0 Å². The Morgan fingerprint density at radius 3 is 2.68 bits per heavy atom. The van der Waals surface area contributed by atoms with Crippen molar-refractivity contribution in [1.29, 1.82) is 0 Å². The first-order chi connectivity index (χ1) is 17.6. The molecule has 11 heteroatoms. The number of nitrogens with zero attached hydrogens (tertiary/aromatic N) is 4. The molecular formula is C26H34F3N5O3. The van der Waals surface area contributed by atoms with E-state index in [-0.39, 0.29) is 23.4 Å². The summed E-state index contributed by atoms with van der Waals surface area (Å²) in [4.78, 5) is 34.4. The van der Waals surface area contributed by atoms with E-state index in [1.165, 1.54) is 17.0 Å². The van der Waals surface area contributed by atoms with Crippen molar-refractivity contribution in [3.05, 3.63) is 47.4 Å². The van der Waals surface area contributed by atoms with Crippen molar-refractivity contribution in [2.24, 2.45) is 5.92 Å². The zero-order chi connectivity index (χ0) is 26.6. The summed E-state index contributed by atoms with van der Waals surface area (Å²) in [6, 6.07) is 4.23. The number of carbonyl (C=O) groups excluding carboxylic acids is 2. The smallest absolute Gasteiger partial charge is 0.379 e. The van der Waals surface area contributed by atoms with Crippen molar-refractivity contribution in [3.63, 3.8) is 0 Å². The Morgan fingerprint density at radius 2 is 1.95 bits per heavy atom. The van der Waals surface area contributed by atoms with Crippen molar-refractivity contribution < 1.29 is 27.5 Å². The Balaban J connectivity index is 1.37. The highest BCUT2D eigenvalue weighted by Crippen LogP contribution is 2.32. The van der Waals surface area contributed by atoms with Crippen molar-refractivity contribution in [1.82, 2.24) is 19.4 Å². The fourth-order valence-corrected chi connectivity index (χ4v) is 5.06. The maximum absolute atomic E-state index is 13.2. The van der Waals surface area contributed by atoms with Crippen molar-refractivity contribution >= 4 is 17.6 Å². The first-order valence-corrected chi connectivity index (χ1v) is 12.7. The minimum Gasteiger partial charge on any atom is -0.379 e. The van der Waals surface area contributed by atoms with E-state index in [1.54, 1.807) is 13.4 Å². The number of alkyl halides is 3. The zero-order valence-corrected chi connectivity index (χ0v) is 21.3. The van der Waals surface area contributed by atoms with E-state index in [0.717, 1.165) is 57.1 Å². The molecule has 0 bridgehead atoms. The van der Waals surface area contributed by atoms with E-state index in [1.807, 2.05) is 11.5 Å². The van der Waals surface area contributed by atoms with Crippen LogP contribution in [0.5, 0.6) is 0 Å². The summed E-state index contributed by atoms with van der Waals surface area (Å²) in [5, 5.41) is 3.05. The van der Waals surface area contributed by atoms with E-state index in [2.05, 4.69) is 15.2 Å². The molecule has 4 rings (SSSR count). The van der Waals surface area contributed by atoms with Gasteiger partial charge < -0.3 is 19.5 Å². The SMILES string of the molecule is Cc1ncn(CCN2CCOCC2)c1NC(=O)[C@@H]1CCC[C@H](N(C)C(=O)c2cccc(C(F)(F)F)c2)C1. The molecule has 2 atom stereocenters. The Kier molecular flexibility index (Phi) is 8.53. The van der Waals surface area contributed by atoms with Crippen LogP contribution in [0.3, 0.4) is 0 Å². The molecule has 1 aliphatic heterocycles. The van der Waals surface area contributed by atoms with Crippen LogP contribution in [0.15, 0.2) is 30.6 Å². The fourth-order valence-electron chi connectivity index (χ4n) is 5.06. The molecule has 0 spiro atoms. The standard InChI is InChI=1S/C26H34F3N5O3/c1-18-23(34(17-30-18)10-9-33-11-13-37-14-12-33)31-24(35)19-5-4-8-22(16-19)32(2)25(36)20-6-3-7-21(15-20)26(27,28)29/h3,6-7,15,17,19,22H,4-5,8-14,16H2,1-2H3,(H,31,35)/t19-,22+/m1/s1. The molecule has 2 aliphatic rings. The Morgan fingerprint density at radius 1 is 1.19 bits per heavy atom. The Hall–Kier alpha value is -2.92. The number of morpholine rings is 1. The molecule has 8 nitrogen and oxygen atoms in total. The second-order valence-corrected chi connectivity index (χ2v) is 9.83. The number of hydrogen-bond acceptors (Lipinski definition) is 5. The molecule has 2 amide bonds. The molecule has 1 saturated heterocycles. The molecule has 0 unspecified atom stereocenters. The molecule has 2 aromatic rings. The Labute approximate surface area is 214 Å². The number of aryl methyl sites for hydroxylation is 1. The minimum absolute atomic E-state index is 0.0105. The van der Waals surface area contributed by atoms with Crippen LogP contribution in [-0.2, 0) is 22.3 Å². The highest BCUT2D eigenvalue weighted by Gasteiger charge is 2.34. The molecular weight excluding hydrogens is 487 g/mol. The first-order valence-electron chi connectivity index (χ1n) is 12.7. The number of amides is 2. The van der Waals surface area contributed by atoms with E-state index < -0.39 is 17.6 Å². The molecule has 37 heavy (non-hydrogen) atoms. The van der Waals surface area contributed by atoms with Gasteiger partial charge in [-0.25, -0.2) is 4.98 Å². The number of hydrogen-bond donors (Lipinski definition) is 1. The normalized spacial score (nSPS) is 21.0. The zero-order valence-electron chi connectivity index (χ0n) is 21.3. The van der Waals surface area contributed by atoms with Crippen LogP contribution in [0.2, 0.25) is 0 Å². The summed E-state index contributed by atoms with van der Waals surface area (Å²) < 4.78 is 46.6. The van der Waals surface area contributed by atoms with Crippen LogP contribution in [0.25, 0.3) is 0 Å². The highest BCUT2D eigenvalue weighted by molar-refractivity contribution is 5.95. The quantitative estimate of drug-likeness (QED) is 0.600. The van der Waals surface area contributed by atoms with E-state index in [9.17, 15) is 22.8 Å². The topological polar surface area (TPSA) is 79.7 Å². The lowest BCUT2D eigenvalue weighted by Gasteiger charge is -2.35. The number of aromatic nitrogens is 2. The van der Waals surface area contributed by atoms with Gasteiger partial charge in [0, 0.05) is 50.7 Å². The van der Waals surface area contributed by atoms with Crippen LogP contribution >= 0.6 is 0 Å². The second-order valence-electron chi connectivity index (χ2n) is 9.83. The van der Waals surface area contributed by atoms with E-state index in [0.29, 0.717) is 31.6 Å². The van der Waals surface area contributed by atoms with Gasteiger partial charge in [0.25, 0.3) is 5.91 Å².